The molecule has 0 aliphatic carbocycles. The number of carbonyl (C=O) groups is 1. The van der Waals surface area contributed by atoms with Gasteiger partial charge in [-0.05, 0) is 37.8 Å². The first-order valence-electron chi connectivity index (χ1n) is 9.69. The van der Waals surface area contributed by atoms with Gasteiger partial charge in [0.2, 0.25) is 0 Å². The van der Waals surface area contributed by atoms with E-state index >= 15 is 0 Å². The summed E-state index contributed by atoms with van der Waals surface area (Å²) in [4.78, 5) is 14.6. The average Bonchev–Trinajstić information content (AvgIpc) is 3.03. The van der Waals surface area contributed by atoms with Crippen molar-refractivity contribution in [2.24, 2.45) is 5.92 Å². The molecular weight excluding hydrogens is 336 g/mol. The van der Waals surface area contributed by atoms with Crippen molar-refractivity contribution in [3.63, 3.8) is 0 Å². The fourth-order valence-corrected chi connectivity index (χ4v) is 3.74. The number of nitrogens with zero attached hydrogens (tertiary/aromatic N) is 1. The van der Waals surface area contributed by atoms with Gasteiger partial charge in [-0.1, -0.05) is 60.7 Å². The molecule has 144 valence electrons. The lowest BCUT2D eigenvalue weighted by molar-refractivity contribution is 0.0518. The van der Waals surface area contributed by atoms with E-state index < -0.39 is 5.60 Å². The monoisotopic (exact) mass is 366 g/mol. The summed E-state index contributed by atoms with van der Waals surface area (Å²) in [5.74, 6) is 0.772. The van der Waals surface area contributed by atoms with Gasteiger partial charge in [0.1, 0.15) is 5.60 Å². The van der Waals surface area contributed by atoms with E-state index in [9.17, 15) is 4.79 Å². The fraction of sp³-hybridized carbons (Fsp3) is 0.435. The number of amides is 1. The summed E-state index contributed by atoms with van der Waals surface area (Å²) in [5, 5.41) is 2.98. The topological polar surface area (TPSA) is 41.6 Å². The minimum Gasteiger partial charge on any atom is -0.444 e. The van der Waals surface area contributed by atoms with E-state index in [-0.39, 0.29) is 6.09 Å². The molecule has 2 aromatic carbocycles. The van der Waals surface area contributed by atoms with Crippen LogP contribution in [0.4, 0.5) is 4.79 Å². The van der Waals surface area contributed by atoms with Crippen molar-refractivity contribution in [3.05, 3.63) is 71.8 Å². The van der Waals surface area contributed by atoms with Crippen LogP contribution in [0.5, 0.6) is 0 Å². The third kappa shape index (κ3) is 5.83. The van der Waals surface area contributed by atoms with Gasteiger partial charge in [-0.15, -0.1) is 0 Å². The number of likely N-dealkylation sites (tertiary alicyclic amines) is 1. The van der Waals surface area contributed by atoms with E-state index in [1.165, 1.54) is 11.1 Å². The summed E-state index contributed by atoms with van der Waals surface area (Å²) in [6.45, 7) is 9.18. The van der Waals surface area contributed by atoms with Crippen molar-refractivity contribution < 1.29 is 9.53 Å². The van der Waals surface area contributed by atoms with Crippen molar-refractivity contribution in [1.82, 2.24) is 10.2 Å². The van der Waals surface area contributed by atoms with Crippen molar-refractivity contribution in [1.29, 1.82) is 0 Å². The van der Waals surface area contributed by atoms with Crippen LogP contribution in [0.15, 0.2) is 60.7 Å². The molecule has 2 aromatic rings. The largest absolute Gasteiger partial charge is 0.444 e. The first-order valence-corrected chi connectivity index (χ1v) is 9.69. The Morgan fingerprint density at radius 2 is 1.67 bits per heavy atom. The van der Waals surface area contributed by atoms with Crippen molar-refractivity contribution in [3.8, 4) is 0 Å². The van der Waals surface area contributed by atoms with Gasteiger partial charge in [-0.3, -0.25) is 4.90 Å². The normalized spacial score (nSPS) is 20.4. The lowest BCUT2D eigenvalue weighted by Gasteiger charge is -2.22. The average molecular weight is 367 g/mol. The van der Waals surface area contributed by atoms with Crippen LogP contribution in [-0.2, 0) is 11.3 Å². The first-order chi connectivity index (χ1) is 12.9. The zero-order valence-electron chi connectivity index (χ0n) is 16.5. The number of benzene rings is 2. The van der Waals surface area contributed by atoms with Crippen LogP contribution in [0.1, 0.15) is 37.8 Å². The van der Waals surface area contributed by atoms with E-state index in [0.29, 0.717) is 18.4 Å². The number of nitrogens with one attached hydrogen (secondary N) is 1. The Bertz CT molecular complexity index is 725. The molecule has 0 radical (unpaired) electrons. The van der Waals surface area contributed by atoms with E-state index in [1.807, 2.05) is 32.9 Å². The molecule has 1 aliphatic heterocycles. The maximum Gasteiger partial charge on any atom is 0.407 e. The predicted molar refractivity (Wildman–Crippen MR) is 109 cm³/mol. The van der Waals surface area contributed by atoms with Gasteiger partial charge < -0.3 is 10.1 Å². The van der Waals surface area contributed by atoms with Crippen LogP contribution >= 0.6 is 0 Å². The number of rotatable bonds is 5. The summed E-state index contributed by atoms with van der Waals surface area (Å²) in [6.07, 6.45) is -0.337. The molecule has 2 atom stereocenters. The molecule has 0 saturated carbocycles. The van der Waals surface area contributed by atoms with Crippen LogP contribution in [0.2, 0.25) is 0 Å². The minimum atomic E-state index is -0.474. The number of ether oxygens (including phenoxy) is 1. The summed E-state index contributed by atoms with van der Waals surface area (Å²) in [5.41, 5.74) is 2.19. The molecule has 0 unspecified atom stereocenters. The van der Waals surface area contributed by atoms with Gasteiger partial charge in [-0.25, -0.2) is 4.79 Å². The smallest absolute Gasteiger partial charge is 0.407 e. The molecule has 1 heterocycles. The second-order valence-corrected chi connectivity index (χ2v) is 8.34. The van der Waals surface area contributed by atoms with Gasteiger partial charge in [0, 0.05) is 32.1 Å². The van der Waals surface area contributed by atoms with Gasteiger partial charge >= 0.3 is 6.09 Å². The second-order valence-electron chi connectivity index (χ2n) is 8.34. The molecule has 0 spiro atoms. The van der Waals surface area contributed by atoms with E-state index in [0.717, 1.165) is 19.6 Å². The molecule has 0 bridgehead atoms. The molecule has 27 heavy (non-hydrogen) atoms. The van der Waals surface area contributed by atoms with Crippen molar-refractivity contribution >= 4 is 6.09 Å². The third-order valence-electron chi connectivity index (χ3n) is 4.90. The SMILES string of the molecule is CC(C)(C)OC(=O)NC[C@@H]1CN(Cc2ccccc2)C[C@H]1c1ccccc1. The number of hydrogen-bond donors (Lipinski definition) is 1. The molecule has 1 saturated heterocycles. The van der Waals surface area contributed by atoms with E-state index in [1.54, 1.807) is 0 Å². The lowest BCUT2D eigenvalue weighted by atomic mass is 9.89. The zero-order chi connectivity index (χ0) is 19.3. The molecule has 4 nitrogen and oxygen atoms in total. The Kier molecular flexibility index (Phi) is 6.17. The first kappa shape index (κ1) is 19.4. The summed E-state index contributed by atoms with van der Waals surface area (Å²) in [7, 11) is 0. The molecule has 1 amide bonds. The Labute approximate surface area is 162 Å². The molecule has 3 rings (SSSR count). The molecule has 1 N–H and O–H groups in total. The predicted octanol–water partition coefficient (Wildman–Crippen LogP) is 4.43. The highest BCUT2D eigenvalue weighted by Gasteiger charge is 2.34. The van der Waals surface area contributed by atoms with Crippen LogP contribution in [0, 0.1) is 5.92 Å². The minimum absolute atomic E-state index is 0.337. The summed E-state index contributed by atoms with van der Waals surface area (Å²) >= 11 is 0. The number of hydrogen-bond acceptors (Lipinski definition) is 3. The molecule has 1 aliphatic rings. The maximum atomic E-state index is 12.1. The molecule has 4 heteroatoms. The second kappa shape index (κ2) is 8.57. The zero-order valence-corrected chi connectivity index (χ0v) is 16.5. The Balaban J connectivity index is 1.66. The summed E-state index contributed by atoms with van der Waals surface area (Å²) < 4.78 is 5.40. The fourth-order valence-electron chi connectivity index (χ4n) is 3.74. The summed E-state index contributed by atoms with van der Waals surface area (Å²) in [6, 6.07) is 21.2. The molecule has 0 aromatic heterocycles. The van der Waals surface area contributed by atoms with Gasteiger partial charge in [0.25, 0.3) is 0 Å². The van der Waals surface area contributed by atoms with E-state index in [2.05, 4.69) is 58.7 Å². The Morgan fingerprint density at radius 1 is 1.04 bits per heavy atom. The maximum absolute atomic E-state index is 12.1. The van der Waals surface area contributed by atoms with Crippen LogP contribution in [-0.4, -0.2) is 36.2 Å². The highest BCUT2D eigenvalue weighted by atomic mass is 16.6. The highest BCUT2D eigenvalue weighted by Crippen LogP contribution is 2.33. The quantitative estimate of drug-likeness (QED) is 0.851. The van der Waals surface area contributed by atoms with E-state index in [4.69, 9.17) is 4.74 Å². The molecular formula is C23H30N2O2. The van der Waals surface area contributed by atoms with Crippen molar-refractivity contribution in [2.45, 2.75) is 38.8 Å². The third-order valence-corrected chi connectivity index (χ3v) is 4.90. The standard InChI is InChI=1S/C23H30N2O2/c1-23(2,3)27-22(26)24-14-20-16-25(15-18-10-6-4-7-11-18)17-21(20)19-12-8-5-9-13-19/h4-13,20-21H,14-17H2,1-3H3,(H,24,26)/t20-,21+/m1/s1. The van der Waals surface area contributed by atoms with Crippen molar-refractivity contribution in [2.75, 3.05) is 19.6 Å². The Morgan fingerprint density at radius 3 is 2.30 bits per heavy atom. The van der Waals surface area contributed by atoms with Gasteiger partial charge in [0.05, 0.1) is 0 Å². The highest BCUT2D eigenvalue weighted by molar-refractivity contribution is 5.67. The number of alkyl carbamates (subject to hydrolysis) is 1. The van der Waals surface area contributed by atoms with Crippen LogP contribution in [0.3, 0.4) is 0 Å². The van der Waals surface area contributed by atoms with Crippen LogP contribution in [0.25, 0.3) is 0 Å². The lowest BCUT2D eigenvalue weighted by Crippen LogP contribution is -2.36. The van der Waals surface area contributed by atoms with Gasteiger partial charge in [-0.2, -0.15) is 0 Å². The Hall–Kier alpha value is -2.33. The number of carbonyl (C=O) groups excluding carboxylic acids is 1. The van der Waals surface area contributed by atoms with Gasteiger partial charge in [0.15, 0.2) is 0 Å². The van der Waals surface area contributed by atoms with Crippen LogP contribution < -0.4 is 5.32 Å². The molecule has 1 fully saturated rings.